The summed E-state index contributed by atoms with van der Waals surface area (Å²) in [4.78, 5) is 29.9. The molecule has 11 heteroatoms. The van der Waals surface area contributed by atoms with Gasteiger partial charge in [-0.2, -0.15) is 0 Å². The summed E-state index contributed by atoms with van der Waals surface area (Å²) >= 11 is 2.16. The molecule has 0 spiro atoms. The molecular formula is C18H17N3O5S3. The number of nitrogens with two attached hydrogens (primary N) is 1. The summed E-state index contributed by atoms with van der Waals surface area (Å²) in [7, 11) is -4.02. The zero-order valence-corrected chi connectivity index (χ0v) is 17.9. The second-order valence-electron chi connectivity index (χ2n) is 6.05. The monoisotopic (exact) mass is 451 g/mol. The first kappa shape index (κ1) is 21.1. The van der Waals surface area contributed by atoms with Crippen LogP contribution in [0.1, 0.15) is 27.9 Å². The number of aryl methyl sites for hydroxylation is 1. The van der Waals surface area contributed by atoms with Crippen molar-refractivity contribution < 1.29 is 22.7 Å². The Morgan fingerprint density at radius 3 is 2.66 bits per heavy atom. The molecule has 0 bridgehead atoms. The van der Waals surface area contributed by atoms with E-state index in [9.17, 15) is 18.0 Å². The van der Waals surface area contributed by atoms with Crippen molar-refractivity contribution in [1.29, 1.82) is 0 Å². The van der Waals surface area contributed by atoms with Crippen molar-refractivity contribution in [2.24, 2.45) is 5.14 Å². The van der Waals surface area contributed by atoms with Gasteiger partial charge < -0.3 is 4.74 Å². The van der Waals surface area contributed by atoms with Gasteiger partial charge in [0.25, 0.3) is 0 Å². The highest BCUT2D eigenvalue weighted by Gasteiger charge is 2.23. The Kier molecular flexibility index (Phi) is 6.13. The number of carbonyl (C=O) groups excluding carboxylic acids is 2. The number of aromatic nitrogens is 1. The van der Waals surface area contributed by atoms with Crippen molar-refractivity contribution in [3.8, 4) is 0 Å². The van der Waals surface area contributed by atoms with E-state index in [1.807, 2.05) is 25.1 Å². The number of esters is 1. The fraction of sp³-hybridized carbons (Fsp3) is 0.167. The van der Waals surface area contributed by atoms with Gasteiger partial charge in [-0.05, 0) is 36.1 Å². The van der Waals surface area contributed by atoms with Crippen molar-refractivity contribution in [3.05, 3.63) is 57.2 Å². The van der Waals surface area contributed by atoms with Gasteiger partial charge in [0.2, 0.25) is 15.9 Å². The van der Waals surface area contributed by atoms with Crippen LogP contribution in [0.4, 0.5) is 10.8 Å². The number of hydrogen-bond donors (Lipinski definition) is 1. The second kappa shape index (κ2) is 8.41. The van der Waals surface area contributed by atoms with Crippen molar-refractivity contribution in [2.45, 2.75) is 25.3 Å². The molecule has 0 aliphatic heterocycles. The average molecular weight is 452 g/mol. The van der Waals surface area contributed by atoms with Gasteiger partial charge in [-0.15, -0.1) is 22.7 Å². The first-order valence-corrected chi connectivity index (χ1v) is 11.6. The molecule has 1 amide bonds. The Balaban J connectivity index is 1.76. The third kappa shape index (κ3) is 4.88. The number of ether oxygens (including phenoxy) is 1. The average Bonchev–Trinajstić information content (AvgIpc) is 3.29. The van der Waals surface area contributed by atoms with Crippen LogP contribution in [0.3, 0.4) is 0 Å². The molecule has 3 rings (SSSR count). The number of sulfonamides is 1. The molecule has 0 unspecified atom stereocenters. The number of nitrogens with zero attached hydrogens (tertiary/aromatic N) is 2. The first-order valence-electron chi connectivity index (χ1n) is 8.26. The Hall–Kier alpha value is -2.60. The fourth-order valence-corrected chi connectivity index (χ4v) is 5.26. The number of rotatable bonds is 6. The second-order valence-corrected chi connectivity index (χ2v) is 9.33. The fourth-order valence-electron chi connectivity index (χ4n) is 2.53. The van der Waals surface area contributed by atoms with Gasteiger partial charge in [-0.25, -0.2) is 23.3 Å². The van der Waals surface area contributed by atoms with Gasteiger partial charge in [0.15, 0.2) is 5.13 Å². The summed E-state index contributed by atoms with van der Waals surface area (Å²) in [5.41, 5.74) is 2.12. The lowest BCUT2D eigenvalue weighted by molar-refractivity contribution is -0.115. The Morgan fingerprint density at radius 2 is 2.00 bits per heavy atom. The number of anilines is 2. The maximum atomic E-state index is 12.2. The minimum Gasteiger partial charge on any atom is -0.455 e. The molecule has 2 aromatic heterocycles. The molecule has 0 saturated heterocycles. The van der Waals surface area contributed by atoms with Crippen molar-refractivity contribution in [3.63, 3.8) is 0 Å². The molecule has 8 nitrogen and oxygen atoms in total. The molecule has 2 N–H and O–H groups in total. The summed E-state index contributed by atoms with van der Waals surface area (Å²) in [6.45, 7) is 3.20. The zero-order valence-electron chi connectivity index (χ0n) is 15.5. The van der Waals surface area contributed by atoms with E-state index in [2.05, 4.69) is 4.98 Å². The molecule has 0 atom stereocenters. The van der Waals surface area contributed by atoms with E-state index >= 15 is 0 Å². The minimum atomic E-state index is -4.02. The Bertz CT molecular complexity index is 1170. The Morgan fingerprint density at radius 1 is 1.24 bits per heavy atom. The lowest BCUT2D eigenvalue weighted by atomic mass is 10.2. The van der Waals surface area contributed by atoms with Crippen LogP contribution in [0.25, 0.3) is 0 Å². The van der Waals surface area contributed by atoms with Crippen LogP contribution in [-0.4, -0.2) is 25.3 Å². The molecule has 0 fully saturated rings. The van der Waals surface area contributed by atoms with Gasteiger partial charge in [0, 0.05) is 12.3 Å². The van der Waals surface area contributed by atoms with E-state index < -0.39 is 16.0 Å². The maximum absolute atomic E-state index is 12.2. The number of thiophene rings is 1. The summed E-state index contributed by atoms with van der Waals surface area (Å²) < 4.78 is 28.2. The van der Waals surface area contributed by atoms with Crippen LogP contribution >= 0.6 is 22.7 Å². The molecule has 29 heavy (non-hydrogen) atoms. The molecular weight excluding hydrogens is 434 g/mol. The molecule has 0 aliphatic carbocycles. The molecule has 152 valence electrons. The largest absolute Gasteiger partial charge is 0.455 e. The number of benzene rings is 1. The summed E-state index contributed by atoms with van der Waals surface area (Å²) in [5.74, 6) is -1.01. The lowest BCUT2D eigenvalue weighted by Crippen LogP contribution is -2.22. The van der Waals surface area contributed by atoms with Crippen molar-refractivity contribution >= 4 is 55.4 Å². The number of primary sulfonamides is 1. The molecule has 0 saturated carbocycles. The molecule has 2 heterocycles. The smallest absolute Gasteiger partial charge is 0.350 e. The van der Waals surface area contributed by atoms with Gasteiger partial charge in [0.1, 0.15) is 16.4 Å². The van der Waals surface area contributed by atoms with Crippen LogP contribution in [0, 0.1) is 6.92 Å². The van der Waals surface area contributed by atoms with E-state index in [0.29, 0.717) is 16.5 Å². The summed E-state index contributed by atoms with van der Waals surface area (Å²) in [6.07, 6.45) is 0. The third-order valence-corrected chi connectivity index (χ3v) is 6.63. The third-order valence-electron chi connectivity index (χ3n) is 3.78. The van der Waals surface area contributed by atoms with Gasteiger partial charge in [0.05, 0.1) is 11.4 Å². The first-order chi connectivity index (χ1) is 13.7. The van der Waals surface area contributed by atoms with Crippen LogP contribution in [0.15, 0.2) is 46.0 Å². The normalized spacial score (nSPS) is 11.3. The maximum Gasteiger partial charge on any atom is 0.350 e. The van der Waals surface area contributed by atoms with Crippen LogP contribution < -0.4 is 10.0 Å². The van der Waals surface area contributed by atoms with E-state index in [1.165, 1.54) is 34.6 Å². The summed E-state index contributed by atoms with van der Waals surface area (Å²) in [6, 6.07) is 8.70. The lowest BCUT2D eigenvalue weighted by Gasteiger charge is -2.18. The van der Waals surface area contributed by atoms with Gasteiger partial charge in [-0.1, -0.05) is 12.1 Å². The van der Waals surface area contributed by atoms with Crippen LogP contribution in [0.2, 0.25) is 0 Å². The van der Waals surface area contributed by atoms with Crippen LogP contribution in [-0.2, 0) is 26.2 Å². The minimum absolute atomic E-state index is 0.0897. The van der Waals surface area contributed by atoms with Crippen molar-refractivity contribution in [2.75, 3.05) is 4.90 Å². The number of hydrogen-bond acceptors (Lipinski definition) is 8. The van der Waals surface area contributed by atoms with Gasteiger partial charge >= 0.3 is 5.97 Å². The van der Waals surface area contributed by atoms with E-state index in [-0.39, 0.29) is 22.3 Å². The SMILES string of the molecule is CC(=O)N(c1cccc(C)c1)c1nc(COC(=O)c2sccc2S(N)(=O)=O)cs1. The van der Waals surface area contributed by atoms with E-state index in [0.717, 1.165) is 16.9 Å². The standard InChI is InChI=1S/C18H17N3O5S3/c1-11-4-3-5-14(8-11)21(12(2)22)18-20-13(10-28-18)9-26-17(23)16-15(6-7-27-16)29(19,24)25/h3-8,10H,9H2,1-2H3,(H2,19,24,25). The van der Waals surface area contributed by atoms with Crippen molar-refractivity contribution in [1.82, 2.24) is 4.98 Å². The number of amides is 1. The molecule has 0 radical (unpaired) electrons. The van der Waals surface area contributed by atoms with Crippen LogP contribution in [0.5, 0.6) is 0 Å². The molecule has 0 aliphatic rings. The number of carbonyl (C=O) groups is 2. The van der Waals surface area contributed by atoms with Gasteiger partial charge in [-0.3, -0.25) is 9.69 Å². The predicted octanol–water partition coefficient (Wildman–Crippen LogP) is 3.20. The number of thiazole rings is 1. The Labute approximate surface area is 175 Å². The zero-order chi connectivity index (χ0) is 21.2. The van der Waals surface area contributed by atoms with E-state index in [1.54, 1.807) is 11.4 Å². The summed E-state index contributed by atoms with van der Waals surface area (Å²) in [5, 5.41) is 8.66. The molecule has 1 aromatic carbocycles. The highest BCUT2D eigenvalue weighted by molar-refractivity contribution is 7.89. The molecule has 3 aromatic rings. The quantitative estimate of drug-likeness (QED) is 0.575. The van der Waals surface area contributed by atoms with E-state index in [4.69, 9.17) is 9.88 Å². The highest BCUT2D eigenvalue weighted by atomic mass is 32.2. The predicted molar refractivity (Wildman–Crippen MR) is 111 cm³/mol. The topological polar surface area (TPSA) is 120 Å². The highest BCUT2D eigenvalue weighted by Crippen LogP contribution is 2.30.